The summed E-state index contributed by atoms with van der Waals surface area (Å²) >= 11 is 13.1. The van der Waals surface area contributed by atoms with E-state index in [-0.39, 0.29) is 40.9 Å². The van der Waals surface area contributed by atoms with Gasteiger partial charge in [0, 0.05) is 137 Å². The molecule has 0 radical (unpaired) electrons. The number of aromatic nitrogens is 16. The first-order chi connectivity index (χ1) is 69.8. The first-order valence-electron chi connectivity index (χ1n) is 45.6. The number of aliphatic hydroxyl groups excluding tert-OH is 1. The average molecular weight is 2210 g/mol. The van der Waals surface area contributed by atoms with Gasteiger partial charge in [-0.1, -0.05) is 137 Å². The van der Waals surface area contributed by atoms with Crippen molar-refractivity contribution >= 4 is 134 Å². The second kappa shape index (κ2) is 51.4. The fraction of sp³-hybridized carbons (Fsp3) is 0.216. The number of rotatable bonds is 22. The number of methoxy groups -OCH3 is 1. The molecule has 42 heteroatoms. The van der Waals surface area contributed by atoms with Gasteiger partial charge in [-0.25, -0.2) is 14.4 Å². The summed E-state index contributed by atoms with van der Waals surface area (Å²) in [5, 5.41) is 101. The van der Waals surface area contributed by atoms with Gasteiger partial charge in [0.2, 0.25) is 0 Å². The summed E-state index contributed by atoms with van der Waals surface area (Å²) in [6.45, 7) is 5.39. The molecule has 0 unspecified atom stereocenters. The highest BCUT2D eigenvalue weighted by molar-refractivity contribution is 9.11. The van der Waals surface area contributed by atoms with Gasteiger partial charge >= 0.3 is 25.0 Å². The van der Waals surface area contributed by atoms with Crippen molar-refractivity contribution in [3.8, 4) is 85.7 Å². The topological polar surface area (TPSA) is 521 Å². The van der Waals surface area contributed by atoms with Crippen LogP contribution in [0, 0.1) is 0 Å². The Morgan fingerprint density at radius 2 is 0.861 bits per heavy atom. The third kappa shape index (κ3) is 29.7. The van der Waals surface area contributed by atoms with E-state index in [1.165, 1.54) is 68.8 Å². The SMILES string of the molecule is COC(=O)c1cc(Br)ccc1O.Nc1cccc(-c2nncn2CCCO)c1.Nc1cccc(-c2nncn2CCCOc2ccc(Br)cc2C(=O)O)c1.Nc1cccc(-c2nncn2CCCOc2ccc(Br)cc2C(=O)O)c1.O=C1Nc2cccc(c2)-c2nncn2CCCOc2ccc(Br)cc21.O=C1Nc2cccc(c2)-c2nncn2CCCOc2ccc(C3CC3)cc21.OB(O)c1ccc(C2CC2)nc1. The van der Waals surface area contributed by atoms with E-state index in [1.54, 1.807) is 80.2 Å². The Morgan fingerprint density at radius 1 is 0.458 bits per heavy atom. The molecule has 4 bridgehead atoms. The van der Waals surface area contributed by atoms with Crippen LogP contribution in [-0.4, -0.2) is 186 Å². The number of amides is 2. The number of carboxylic acids is 2. The van der Waals surface area contributed by atoms with Crippen LogP contribution in [0.5, 0.6) is 28.7 Å². The monoisotopic (exact) mass is 2200 g/mol. The van der Waals surface area contributed by atoms with Gasteiger partial charge in [-0.3, -0.25) is 14.6 Å². The number of carbonyl (C=O) groups excluding carboxylic acids is 3. The van der Waals surface area contributed by atoms with Crippen LogP contribution in [0.2, 0.25) is 0 Å². The van der Waals surface area contributed by atoms with Gasteiger partial charge in [-0.15, -0.1) is 51.0 Å². The molecule has 2 saturated carbocycles. The Bertz CT molecular complexity index is 6930. The first kappa shape index (κ1) is 104. The number of aliphatic hydroxyl groups is 1. The molecule has 2 aliphatic heterocycles. The predicted molar refractivity (Wildman–Crippen MR) is 557 cm³/mol. The molecule has 8 heterocycles. The lowest BCUT2D eigenvalue weighted by Crippen LogP contribution is -2.30. The van der Waals surface area contributed by atoms with Gasteiger partial charge in [0.25, 0.3) is 11.8 Å². The number of aromatic carboxylic acids is 2. The molecule has 6 aromatic heterocycles. The van der Waals surface area contributed by atoms with E-state index in [9.17, 15) is 39.3 Å². The maximum Gasteiger partial charge on any atom is 0.490 e. The summed E-state index contributed by atoms with van der Waals surface area (Å²) in [6.07, 6.45) is 18.4. The predicted octanol–water partition coefficient (Wildman–Crippen LogP) is 17.0. The zero-order valence-electron chi connectivity index (χ0n) is 77.7. The van der Waals surface area contributed by atoms with E-state index in [4.69, 9.17) is 51.3 Å². The molecular formula is C102H100BBr4N21O16. The molecule has 20 rings (SSSR count). The maximum atomic E-state index is 13.0. The van der Waals surface area contributed by atoms with Gasteiger partial charge in [0.1, 0.15) is 77.1 Å². The minimum atomic E-state index is -1.40. The zero-order chi connectivity index (χ0) is 102. The number of ether oxygens (including phenoxy) is 5. The third-order valence-electron chi connectivity index (χ3n) is 22.3. The number of aromatic hydroxyl groups is 1. The Morgan fingerprint density at radius 3 is 1.28 bits per heavy atom. The number of carboxylic acid groups (broad SMARTS) is 2. The highest BCUT2D eigenvalue weighted by Gasteiger charge is 2.29. The summed E-state index contributed by atoms with van der Waals surface area (Å²) < 4.78 is 40.2. The van der Waals surface area contributed by atoms with Crippen molar-refractivity contribution in [3.63, 3.8) is 0 Å². The van der Waals surface area contributed by atoms with Crippen molar-refractivity contribution in [2.45, 2.75) is 102 Å². The molecule has 144 heavy (non-hydrogen) atoms. The van der Waals surface area contributed by atoms with Crippen molar-refractivity contribution in [1.29, 1.82) is 0 Å². The number of nitrogen functional groups attached to an aromatic ring is 3. The number of phenolic OH excluding ortho intramolecular Hbond substituents is 1. The van der Waals surface area contributed by atoms with Crippen LogP contribution >= 0.6 is 63.7 Å². The summed E-state index contributed by atoms with van der Waals surface area (Å²) in [5.41, 5.74) is 29.6. The fourth-order valence-corrected chi connectivity index (χ4v) is 16.4. The number of halogens is 4. The van der Waals surface area contributed by atoms with Gasteiger partial charge in [-0.05, 0) is 221 Å². The Labute approximate surface area is 860 Å². The van der Waals surface area contributed by atoms with Crippen LogP contribution in [0.25, 0.3) is 56.9 Å². The number of phenols is 1. The number of nitrogens with zero attached hydrogens (tertiary/aromatic N) is 16. The first-order valence-corrected chi connectivity index (χ1v) is 48.8. The summed E-state index contributed by atoms with van der Waals surface area (Å²) in [4.78, 5) is 63.4. The normalized spacial score (nSPS) is 12.7. The number of anilines is 5. The minimum absolute atomic E-state index is 0.0787. The molecule has 740 valence electrons. The number of carbonyl (C=O) groups is 5. The van der Waals surface area contributed by atoms with Crippen LogP contribution in [-0.2, 0) is 37.5 Å². The molecule has 2 aliphatic carbocycles. The average Bonchev–Trinajstić information content (AvgIpc) is 1.65. The molecule has 16 aromatic rings. The molecule has 2 amide bonds. The molecule has 10 aromatic carbocycles. The van der Waals surface area contributed by atoms with Gasteiger partial charge in [-0.2, -0.15) is 0 Å². The van der Waals surface area contributed by atoms with Crippen LogP contribution in [0.3, 0.4) is 0 Å². The number of nitrogens with two attached hydrogens (primary N) is 3. The van der Waals surface area contributed by atoms with Gasteiger partial charge in [0.15, 0.2) is 29.1 Å². The highest BCUT2D eigenvalue weighted by atomic mass is 79.9. The molecule has 4 aliphatic rings. The largest absolute Gasteiger partial charge is 0.507 e. The fourth-order valence-electron chi connectivity index (χ4n) is 14.9. The molecule has 0 saturated heterocycles. The maximum absolute atomic E-state index is 13.0. The second-order valence-electron chi connectivity index (χ2n) is 33.0. The zero-order valence-corrected chi connectivity index (χ0v) is 84.0. The van der Waals surface area contributed by atoms with E-state index in [0.29, 0.717) is 148 Å². The molecule has 0 atom stereocenters. The van der Waals surface area contributed by atoms with Crippen LogP contribution in [0.15, 0.2) is 280 Å². The van der Waals surface area contributed by atoms with Crippen molar-refractivity contribution in [3.05, 3.63) is 319 Å². The Hall–Kier alpha value is -15.3. The Balaban J connectivity index is 0.000000136. The van der Waals surface area contributed by atoms with E-state index >= 15 is 0 Å². The Kier molecular flexibility index (Phi) is 37.3. The number of pyridine rings is 1. The molecule has 37 nitrogen and oxygen atoms in total. The van der Waals surface area contributed by atoms with Crippen molar-refractivity contribution in [1.82, 2.24) is 78.8 Å². The summed E-state index contributed by atoms with van der Waals surface area (Å²) in [6, 6.07) is 67.1. The molecule has 2 fully saturated rings. The number of aryl methyl sites for hydroxylation is 5. The van der Waals surface area contributed by atoms with Crippen LogP contribution in [0.1, 0.15) is 133 Å². The van der Waals surface area contributed by atoms with Crippen molar-refractivity contribution in [2.24, 2.45) is 0 Å². The number of fused-ring (bicyclic) bond motifs is 10. The molecular weight excluding hydrogens is 2110 g/mol. The minimum Gasteiger partial charge on any atom is -0.507 e. The van der Waals surface area contributed by atoms with Gasteiger partial charge in [0.05, 0.1) is 44.7 Å². The van der Waals surface area contributed by atoms with Crippen LogP contribution in [0.4, 0.5) is 28.4 Å². The molecule has 0 spiro atoms. The highest BCUT2D eigenvalue weighted by Crippen LogP contribution is 2.43. The standard InChI is InChI=1S/C21H20N4O2.2C18H17BrN4O3.C18H15BrN4O2.C11H14N4O.C8H10BNO2.C8H7BrO3/c26-21-18-12-15(14-5-6-14)7-8-19(18)27-10-2-9-25-13-22-24-20(25)16-3-1-4-17(11-16)23-21;2*19-13-5-6-16(15(10-13)18(24)25)26-8-2-7-23-11-21-22-17(23)12-3-1-4-14(20)9-12;19-13-5-6-16-15(10-13)18(24)21-14-4-1-3-12(9-14)17-22-20-11-23(17)7-2-8-25-16;12-10-4-1-3-9(7-10)11-14-13-8-15(11)5-2-6-16;11-9(12)7-3-4-8(10-5-7)6-1-2-6;1-12-8(11)6-4-5(9)2-3-7(6)10/h1,3-4,7-8,11-14H,2,5-6,9-10H2,(H,23,26);2*1,3-6,9-11H,2,7-8,20H2,(H,24,25);1,3-6,9-11H,2,7-8H2,(H,21,24);1,3-4,7-8,16H,2,5-6,12H2;3-6,11-12H,1-2H2;2-4,10H,1H3. The lowest BCUT2D eigenvalue weighted by molar-refractivity contribution is 0.0595. The van der Waals surface area contributed by atoms with Crippen molar-refractivity contribution < 1.29 is 78.1 Å². The van der Waals surface area contributed by atoms with Crippen molar-refractivity contribution in [2.75, 3.05) is 68.0 Å². The number of hydrogen-bond acceptors (Lipinski definition) is 28. The van der Waals surface area contributed by atoms with E-state index in [2.05, 4.69) is 141 Å². The molecule has 14 N–H and O–H groups in total. The number of esters is 1. The van der Waals surface area contributed by atoms with Gasteiger partial charge < -0.3 is 105 Å². The second-order valence-corrected chi connectivity index (χ2v) is 36.6. The van der Waals surface area contributed by atoms with E-state index in [0.717, 1.165) is 103 Å². The van der Waals surface area contributed by atoms with E-state index in [1.807, 2.05) is 168 Å². The lowest BCUT2D eigenvalue weighted by Gasteiger charge is -2.13. The van der Waals surface area contributed by atoms with E-state index < -0.39 is 25.0 Å². The summed E-state index contributed by atoms with van der Waals surface area (Å²) in [5.74, 6) is 3.87. The third-order valence-corrected chi connectivity index (χ3v) is 24.3. The van der Waals surface area contributed by atoms with Crippen LogP contribution < -0.4 is 52.2 Å². The number of hydrogen-bond donors (Lipinski definition) is 11. The number of nitrogens with one attached hydrogen (secondary N) is 2. The number of benzene rings is 10. The smallest absolute Gasteiger partial charge is 0.490 e. The lowest BCUT2D eigenvalue weighted by atomic mass is 9.81. The summed E-state index contributed by atoms with van der Waals surface area (Å²) in [7, 11) is -0.131. The quantitative estimate of drug-likeness (QED) is 0.0130.